The number of hydrogen-bond acceptors (Lipinski definition) is 5. The molecule has 0 fully saturated rings. The van der Waals surface area contributed by atoms with Gasteiger partial charge in [0.1, 0.15) is 0 Å². The fourth-order valence-corrected chi connectivity index (χ4v) is 1.61. The molecule has 0 atom stereocenters. The van der Waals surface area contributed by atoms with Crippen LogP contribution in [-0.4, -0.2) is 23.2 Å². The molecular formula is C12H10F3N3O3. The number of methoxy groups -OCH3 is 1. The van der Waals surface area contributed by atoms with Gasteiger partial charge in [0.2, 0.25) is 5.88 Å². The molecule has 2 aromatic heterocycles. The first-order valence-corrected chi connectivity index (χ1v) is 5.68. The molecule has 0 aromatic carbocycles. The molecule has 0 spiro atoms. The number of alkyl halides is 3. The predicted molar refractivity (Wildman–Crippen MR) is 64.4 cm³/mol. The maximum Gasteiger partial charge on any atom is 0.417 e. The molecule has 0 unspecified atom stereocenters. The fraction of sp³-hybridized carbons (Fsp3) is 0.250. The molecule has 0 saturated carbocycles. The molecule has 2 aromatic rings. The van der Waals surface area contributed by atoms with E-state index in [9.17, 15) is 18.0 Å². The zero-order valence-electron chi connectivity index (χ0n) is 10.8. The number of nitrogens with one attached hydrogen (secondary N) is 1. The second kappa shape index (κ2) is 5.92. The monoisotopic (exact) mass is 301 g/mol. The molecule has 0 bridgehead atoms. The third kappa shape index (κ3) is 3.37. The minimum Gasteiger partial charge on any atom is -0.380 e. The van der Waals surface area contributed by atoms with E-state index in [1.807, 2.05) is 0 Å². The highest BCUT2D eigenvalue weighted by atomic mass is 19.4. The van der Waals surface area contributed by atoms with E-state index in [0.29, 0.717) is 5.56 Å². The van der Waals surface area contributed by atoms with E-state index in [1.165, 1.54) is 13.3 Å². The number of pyridine rings is 1. The quantitative estimate of drug-likeness (QED) is 0.938. The largest absolute Gasteiger partial charge is 0.417 e. The van der Waals surface area contributed by atoms with Crippen molar-refractivity contribution in [2.75, 3.05) is 12.4 Å². The highest BCUT2D eigenvalue weighted by molar-refractivity contribution is 6.04. The number of hydrogen-bond donors (Lipinski definition) is 1. The third-order valence-corrected chi connectivity index (χ3v) is 2.54. The number of amides is 1. The Labute approximate surface area is 116 Å². The van der Waals surface area contributed by atoms with E-state index in [1.54, 1.807) is 0 Å². The van der Waals surface area contributed by atoms with Gasteiger partial charge in [-0.1, -0.05) is 5.16 Å². The Morgan fingerprint density at radius 1 is 1.43 bits per heavy atom. The second-order valence-corrected chi connectivity index (χ2v) is 3.99. The first-order valence-electron chi connectivity index (χ1n) is 5.68. The summed E-state index contributed by atoms with van der Waals surface area (Å²) in [6.45, 7) is 0.0955. The molecule has 0 radical (unpaired) electrons. The molecular weight excluding hydrogens is 291 g/mol. The lowest BCUT2D eigenvalue weighted by atomic mass is 10.1. The van der Waals surface area contributed by atoms with Crippen molar-refractivity contribution in [2.24, 2.45) is 0 Å². The van der Waals surface area contributed by atoms with Crippen molar-refractivity contribution in [1.82, 2.24) is 10.1 Å². The van der Waals surface area contributed by atoms with Crippen LogP contribution >= 0.6 is 0 Å². The standard InChI is InChI=1S/C12H10F3N3O3/c1-20-6-7-4-17-21-11(7)18-10(19)8-5-16-3-2-9(8)12(13,14)15/h2-5H,6H2,1H3,(H,18,19). The topological polar surface area (TPSA) is 77.3 Å². The van der Waals surface area contributed by atoms with Crippen LogP contribution in [0.2, 0.25) is 0 Å². The Morgan fingerprint density at radius 2 is 2.19 bits per heavy atom. The number of nitrogens with zero attached hydrogens (tertiary/aromatic N) is 2. The zero-order valence-corrected chi connectivity index (χ0v) is 10.8. The Morgan fingerprint density at radius 3 is 2.86 bits per heavy atom. The Balaban J connectivity index is 2.27. The molecule has 2 rings (SSSR count). The van der Waals surface area contributed by atoms with E-state index in [2.05, 4.69) is 15.5 Å². The van der Waals surface area contributed by atoms with Gasteiger partial charge in [0.25, 0.3) is 5.91 Å². The van der Waals surface area contributed by atoms with Crippen LogP contribution in [0.25, 0.3) is 0 Å². The number of carbonyl (C=O) groups is 1. The van der Waals surface area contributed by atoms with Crippen molar-refractivity contribution < 1.29 is 27.2 Å². The maximum absolute atomic E-state index is 12.8. The minimum atomic E-state index is -4.66. The summed E-state index contributed by atoms with van der Waals surface area (Å²) in [6, 6.07) is 0.728. The summed E-state index contributed by atoms with van der Waals surface area (Å²) >= 11 is 0. The summed E-state index contributed by atoms with van der Waals surface area (Å²) < 4.78 is 48.1. The summed E-state index contributed by atoms with van der Waals surface area (Å²) in [4.78, 5) is 15.5. The van der Waals surface area contributed by atoms with Crippen LogP contribution in [0.15, 0.2) is 29.2 Å². The van der Waals surface area contributed by atoms with Gasteiger partial charge in [0.15, 0.2) is 0 Å². The van der Waals surface area contributed by atoms with Crippen LogP contribution in [0.3, 0.4) is 0 Å². The lowest BCUT2D eigenvalue weighted by Gasteiger charge is -2.11. The number of ether oxygens (including phenoxy) is 1. The number of rotatable bonds is 4. The molecule has 0 aliphatic heterocycles. The number of carbonyl (C=O) groups excluding carboxylic acids is 1. The van der Waals surface area contributed by atoms with Crippen LogP contribution in [0.1, 0.15) is 21.5 Å². The highest BCUT2D eigenvalue weighted by Crippen LogP contribution is 2.31. The van der Waals surface area contributed by atoms with Gasteiger partial charge in [-0.3, -0.25) is 15.1 Å². The summed E-state index contributed by atoms with van der Waals surface area (Å²) in [7, 11) is 1.42. The first kappa shape index (κ1) is 15.0. The smallest absolute Gasteiger partial charge is 0.380 e. The van der Waals surface area contributed by atoms with Gasteiger partial charge in [-0.15, -0.1) is 0 Å². The van der Waals surface area contributed by atoms with Gasteiger partial charge < -0.3 is 9.26 Å². The molecule has 0 aliphatic carbocycles. The number of halogens is 3. The molecule has 112 valence electrons. The highest BCUT2D eigenvalue weighted by Gasteiger charge is 2.35. The lowest BCUT2D eigenvalue weighted by Crippen LogP contribution is -2.19. The number of anilines is 1. The van der Waals surface area contributed by atoms with Crippen molar-refractivity contribution in [2.45, 2.75) is 12.8 Å². The molecule has 21 heavy (non-hydrogen) atoms. The van der Waals surface area contributed by atoms with Gasteiger partial charge in [0, 0.05) is 19.5 Å². The van der Waals surface area contributed by atoms with Crippen molar-refractivity contribution in [3.8, 4) is 0 Å². The molecule has 6 nitrogen and oxygen atoms in total. The second-order valence-electron chi connectivity index (χ2n) is 3.99. The average Bonchev–Trinajstić information content (AvgIpc) is 2.85. The maximum atomic E-state index is 12.8. The fourth-order valence-electron chi connectivity index (χ4n) is 1.61. The lowest BCUT2D eigenvalue weighted by molar-refractivity contribution is -0.138. The van der Waals surface area contributed by atoms with E-state index >= 15 is 0 Å². The summed E-state index contributed by atoms with van der Waals surface area (Å²) in [5.74, 6) is -1.07. The van der Waals surface area contributed by atoms with Crippen molar-refractivity contribution in [1.29, 1.82) is 0 Å². The summed E-state index contributed by atoms with van der Waals surface area (Å²) in [5.41, 5.74) is -1.28. The van der Waals surface area contributed by atoms with Crippen LogP contribution in [0, 0.1) is 0 Å². The number of aromatic nitrogens is 2. The molecule has 9 heteroatoms. The zero-order chi connectivity index (χ0) is 15.5. The Kier molecular flexibility index (Phi) is 4.22. The predicted octanol–water partition coefficient (Wildman–Crippen LogP) is 2.49. The summed E-state index contributed by atoms with van der Waals surface area (Å²) in [6.07, 6.45) is -1.56. The summed E-state index contributed by atoms with van der Waals surface area (Å²) in [5, 5.41) is 5.67. The van der Waals surface area contributed by atoms with Crippen molar-refractivity contribution >= 4 is 11.8 Å². The Hall–Kier alpha value is -2.42. The molecule has 1 N–H and O–H groups in total. The van der Waals surface area contributed by atoms with Crippen molar-refractivity contribution in [3.63, 3.8) is 0 Å². The van der Waals surface area contributed by atoms with E-state index in [0.717, 1.165) is 18.5 Å². The molecule has 0 aliphatic rings. The van der Waals surface area contributed by atoms with Crippen LogP contribution in [0.5, 0.6) is 0 Å². The first-order chi connectivity index (χ1) is 9.93. The molecule has 2 heterocycles. The van der Waals surface area contributed by atoms with Gasteiger partial charge >= 0.3 is 6.18 Å². The average molecular weight is 301 g/mol. The van der Waals surface area contributed by atoms with Gasteiger partial charge in [-0.05, 0) is 6.07 Å². The molecule has 0 saturated heterocycles. The normalized spacial score (nSPS) is 11.4. The van der Waals surface area contributed by atoms with Crippen LogP contribution in [-0.2, 0) is 17.5 Å². The van der Waals surface area contributed by atoms with Crippen LogP contribution < -0.4 is 5.32 Å². The molecule has 1 amide bonds. The SMILES string of the molecule is COCc1cnoc1NC(=O)c1cnccc1C(F)(F)F. The minimum absolute atomic E-state index is 0.0705. The van der Waals surface area contributed by atoms with E-state index in [-0.39, 0.29) is 12.5 Å². The Bertz CT molecular complexity index is 640. The van der Waals surface area contributed by atoms with Gasteiger partial charge in [-0.2, -0.15) is 13.2 Å². The van der Waals surface area contributed by atoms with Crippen LogP contribution in [0.4, 0.5) is 19.1 Å². The van der Waals surface area contributed by atoms with E-state index < -0.39 is 23.2 Å². The third-order valence-electron chi connectivity index (χ3n) is 2.54. The van der Waals surface area contributed by atoms with E-state index in [4.69, 9.17) is 9.26 Å². The van der Waals surface area contributed by atoms with Crippen molar-refractivity contribution in [3.05, 3.63) is 41.3 Å². The van der Waals surface area contributed by atoms with Gasteiger partial charge in [-0.25, -0.2) is 0 Å². The van der Waals surface area contributed by atoms with Gasteiger partial charge in [0.05, 0.1) is 29.5 Å².